The van der Waals surface area contributed by atoms with Crippen LogP contribution in [0.3, 0.4) is 0 Å². The predicted molar refractivity (Wildman–Crippen MR) is 140 cm³/mol. The van der Waals surface area contributed by atoms with Gasteiger partial charge in [-0.15, -0.1) is 0 Å². The van der Waals surface area contributed by atoms with Gasteiger partial charge in [-0.05, 0) is 73.0 Å². The van der Waals surface area contributed by atoms with Crippen LogP contribution in [-0.2, 0) is 0 Å². The second-order valence-electron chi connectivity index (χ2n) is 9.35. The number of hydrogen-bond acceptors (Lipinski definition) is 5. The number of amidine groups is 1. The molecule has 5 rings (SSSR count). The maximum absolute atomic E-state index is 15.0. The Labute approximate surface area is 213 Å². The highest BCUT2D eigenvalue weighted by molar-refractivity contribution is 6.04. The van der Waals surface area contributed by atoms with Crippen molar-refractivity contribution in [3.63, 3.8) is 0 Å². The minimum Gasteiger partial charge on any atom is -0.368 e. The molecule has 1 aromatic heterocycles. The van der Waals surface area contributed by atoms with Crippen molar-refractivity contribution in [2.24, 2.45) is 5.92 Å². The van der Waals surface area contributed by atoms with Crippen LogP contribution in [0, 0.1) is 24.1 Å². The number of halogens is 1. The number of carbonyl (C=O) groups is 1. The second kappa shape index (κ2) is 10.1. The number of aryl methyl sites for hydroxylation is 1. The summed E-state index contributed by atoms with van der Waals surface area (Å²) >= 11 is 0. The third kappa shape index (κ3) is 5.09. The van der Waals surface area contributed by atoms with E-state index in [1.54, 1.807) is 43.3 Å². The Morgan fingerprint density at radius 2 is 1.70 bits per heavy atom. The van der Waals surface area contributed by atoms with Gasteiger partial charge in [-0.3, -0.25) is 10.2 Å². The molecule has 0 radical (unpaired) electrons. The third-order valence-corrected chi connectivity index (χ3v) is 6.80. The normalized spacial score (nSPS) is 14.4. The Bertz CT molecular complexity index is 1460. The highest BCUT2D eigenvalue weighted by Gasteiger charge is 2.25. The lowest BCUT2D eigenvalue weighted by atomic mass is 9.95. The summed E-state index contributed by atoms with van der Waals surface area (Å²) in [7, 11) is 0. The highest BCUT2D eigenvalue weighted by atomic mass is 19.1. The van der Waals surface area contributed by atoms with Gasteiger partial charge in [-0.1, -0.05) is 24.3 Å². The van der Waals surface area contributed by atoms with Gasteiger partial charge in [0.15, 0.2) is 6.29 Å². The summed E-state index contributed by atoms with van der Waals surface area (Å²) in [5.41, 5.74) is 2.21. The molecule has 4 aromatic rings. The molecular formula is C28H28FN5O3. The summed E-state index contributed by atoms with van der Waals surface area (Å²) in [4.78, 5) is 15.1. The monoisotopic (exact) mass is 501 g/mol. The smallest absolute Gasteiger partial charge is 0.274 e. The highest BCUT2D eigenvalue weighted by Crippen LogP contribution is 2.25. The van der Waals surface area contributed by atoms with Gasteiger partial charge < -0.3 is 20.4 Å². The number of anilines is 1. The SMILES string of the molecule is Cc1cc(C(=O)Nc2ccc(C(=N)N3CCC(C(O)O)CC3)cc2)n(-c2cc3ccccc3cc2F)n1. The van der Waals surface area contributed by atoms with Crippen molar-refractivity contribution in [2.45, 2.75) is 26.1 Å². The molecular weight excluding hydrogens is 473 g/mol. The van der Waals surface area contributed by atoms with Gasteiger partial charge in [-0.2, -0.15) is 5.10 Å². The van der Waals surface area contributed by atoms with Crippen LogP contribution in [-0.4, -0.2) is 56.0 Å². The zero-order valence-electron chi connectivity index (χ0n) is 20.4. The van der Waals surface area contributed by atoms with E-state index in [1.165, 1.54) is 10.7 Å². The van der Waals surface area contributed by atoms with Gasteiger partial charge >= 0.3 is 0 Å². The first-order chi connectivity index (χ1) is 17.8. The molecule has 1 amide bonds. The number of aliphatic hydroxyl groups excluding tert-OH is 1. The van der Waals surface area contributed by atoms with Crippen LogP contribution < -0.4 is 5.32 Å². The van der Waals surface area contributed by atoms with Gasteiger partial charge in [0, 0.05) is 30.3 Å². The molecule has 0 spiro atoms. The van der Waals surface area contributed by atoms with E-state index in [2.05, 4.69) is 10.4 Å². The Morgan fingerprint density at radius 3 is 2.35 bits per heavy atom. The first-order valence-electron chi connectivity index (χ1n) is 12.2. The van der Waals surface area contributed by atoms with E-state index in [4.69, 9.17) is 5.41 Å². The Balaban J connectivity index is 1.32. The number of fused-ring (bicyclic) bond motifs is 1. The largest absolute Gasteiger partial charge is 0.368 e. The zero-order valence-corrected chi connectivity index (χ0v) is 20.4. The maximum Gasteiger partial charge on any atom is 0.274 e. The molecule has 4 N–H and O–H groups in total. The fraction of sp³-hybridized carbons (Fsp3) is 0.250. The van der Waals surface area contributed by atoms with Gasteiger partial charge in [-0.25, -0.2) is 9.07 Å². The quantitative estimate of drug-likeness (QED) is 0.187. The van der Waals surface area contributed by atoms with Crippen molar-refractivity contribution in [1.82, 2.24) is 14.7 Å². The Hall–Kier alpha value is -4.08. The summed E-state index contributed by atoms with van der Waals surface area (Å²) in [6, 6.07) is 19.1. The number of nitrogens with one attached hydrogen (secondary N) is 2. The molecule has 9 heteroatoms. The van der Waals surface area contributed by atoms with E-state index in [9.17, 15) is 19.4 Å². The van der Waals surface area contributed by atoms with Crippen LogP contribution in [0.1, 0.15) is 34.6 Å². The second-order valence-corrected chi connectivity index (χ2v) is 9.35. The number of benzene rings is 3. The van der Waals surface area contributed by atoms with Crippen molar-refractivity contribution >= 4 is 28.2 Å². The molecule has 0 aliphatic carbocycles. The molecule has 1 saturated heterocycles. The third-order valence-electron chi connectivity index (χ3n) is 6.80. The standard InChI is InChI=1S/C28H28FN5O3/c1-17-14-25(34(32-17)24-16-21-5-3-2-4-20(21)15-23(24)29)27(35)31-22-8-6-18(7-9-22)26(30)33-12-10-19(11-13-33)28(36)37/h2-9,14-16,19,28,30,36-37H,10-13H2,1H3,(H,31,35). The van der Waals surface area contributed by atoms with Crippen LogP contribution in [0.2, 0.25) is 0 Å². The molecule has 8 nitrogen and oxygen atoms in total. The first kappa shape index (κ1) is 24.6. The van der Waals surface area contributed by atoms with Crippen molar-refractivity contribution in [1.29, 1.82) is 5.41 Å². The van der Waals surface area contributed by atoms with Gasteiger partial charge in [0.2, 0.25) is 0 Å². The summed E-state index contributed by atoms with van der Waals surface area (Å²) in [5.74, 6) is -0.720. The molecule has 0 saturated carbocycles. The van der Waals surface area contributed by atoms with Crippen LogP contribution >= 0.6 is 0 Å². The minimum absolute atomic E-state index is 0.165. The molecule has 0 unspecified atom stereocenters. The molecule has 3 aromatic carbocycles. The number of rotatable bonds is 5. The Kier molecular flexibility index (Phi) is 6.73. The summed E-state index contributed by atoms with van der Waals surface area (Å²) in [5, 5.41) is 36.1. The fourth-order valence-electron chi connectivity index (χ4n) is 4.72. The molecule has 1 aliphatic rings. The average Bonchev–Trinajstić information content (AvgIpc) is 3.30. The van der Waals surface area contributed by atoms with Crippen LogP contribution in [0.4, 0.5) is 10.1 Å². The number of nitrogens with zero attached hydrogens (tertiary/aromatic N) is 3. The summed E-state index contributed by atoms with van der Waals surface area (Å²) < 4.78 is 16.3. The van der Waals surface area contributed by atoms with E-state index in [0.29, 0.717) is 48.7 Å². The average molecular weight is 502 g/mol. The van der Waals surface area contributed by atoms with E-state index in [1.807, 2.05) is 29.2 Å². The van der Waals surface area contributed by atoms with Crippen molar-refractivity contribution in [3.05, 3.63) is 89.5 Å². The van der Waals surface area contributed by atoms with E-state index in [-0.39, 0.29) is 17.3 Å². The van der Waals surface area contributed by atoms with Crippen molar-refractivity contribution < 1.29 is 19.4 Å². The van der Waals surface area contributed by atoms with Crippen LogP contribution in [0.25, 0.3) is 16.5 Å². The lowest BCUT2D eigenvalue weighted by Crippen LogP contribution is -2.41. The van der Waals surface area contributed by atoms with Crippen molar-refractivity contribution in [3.8, 4) is 5.69 Å². The number of hydrogen-bond donors (Lipinski definition) is 4. The van der Waals surface area contributed by atoms with E-state index in [0.717, 1.165) is 10.8 Å². The zero-order chi connectivity index (χ0) is 26.1. The van der Waals surface area contributed by atoms with Crippen LogP contribution in [0.5, 0.6) is 0 Å². The van der Waals surface area contributed by atoms with Crippen molar-refractivity contribution in [2.75, 3.05) is 18.4 Å². The molecule has 1 aliphatic heterocycles. The summed E-state index contributed by atoms with van der Waals surface area (Å²) in [6.07, 6.45) is -0.102. The van der Waals surface area contributed by atoms with E-state index >= 15 is 0 Å². The Morgan fingerprint density at radius 1 is 1.05 bits per heavy atom. The lowest BCUT2D eigenvalue weighted by Gasteiger charge is -2.34. The van der Waals surface area contributed by atoms with E-state index < -0.39 is 18.0 Å². The molecule has 190 valence electrons. The number of amides is 1. The number of aromatic nitrogens is 2. The molecule has 37 heavy (non-hydrogen) atoms. The lowest BCUT2D eigenvalue weighted by molar-refractivity contribution is -0.0950. The summed E-state index contributed by atoms with van der Waals surface area (Å²) in [6.45, 7) is 2.90. The number of piperidine rings is 1. The first-order valence-corrected chi connectivity index (χ1v) is 12.2. The maximum atomic E-state index is 15.0. The predicted octanol–water partition coefficient (Wildman–Crippen LogP) is 4.07. The van der Waals surface area contributed by atoms with Gasteiger partial charge in [0.05, 0.1) is 5.69 Å². The van der Waals surface area contributed by atoms with Crippen LogP contribution in [0.15, 0.2) is 66.7 Å². The number of carbonyl (C=O) groups excluding carboxylic acids is 1. The number of aliphatic hydroxyl groups is 2. The molecule has 0 atom stereocenters. The number of likely N-dealkylation sites (tertiary alicyclic amines) is 1. The minimum atomic E-state index is -1.32. The van der Waals surface area contributed by atoms with Gasteiger partial charge in [0.25, 0.3) is 5.91 Å². The fourth-order valence-corrected chi connectivity index (χ4v) is 4.72. The molecule has 0 bridgehead atoms. The topological polar surface area (TPSA) is 114 Å². The van der Waals surface area contributed by atoms with Gasteiger partial charge in [0.1, 0.15) is 23.0 Å². The molecule has 2 heterocycles. The molecule has 1 fully saturated rings.